The Kier molecular flexibility index (Phi) is 6.21. The largest absolute Gasteiger partial charge is 0.511 e. The Labute approximate surface area is 130 Å². The fraction of sp³-hybridized carbons (Fsp3) is 0.417. The van der Waals surface area contributed by atoms with E-state index in [1.54, 1.807) is 24.3 Å². The molecule has 0 heterocycles. The summed E-state index contributed by atoms with van der Waals surface area (Å²) in [6.07, 6.45) is -0.0269. The molecule has 10 heteroatoms. The number of alkyl halides is 3. The van der Waals surface area contributed by atoms with Gasteiger partial charge in [-0.25, -0.2) is 8.42 Å². The van der Waals surface area contributed by atoms with Gasteiger partial charge in [0.05, 0.1) is 7.11 Å². The highest BCUT2D eigenvalue weighted by Gasteiger charge is 2.47. The minimum atomic E-state index is -5.64. The van der Waals surface area contributed by atoms with Gasteiger partial charge < -0.3 is 4.74 Å². The van der Waals surface area contributed by atoms with Crippen molar-refractivity contribution in [2.45, 2.75) is 24.4 Å². The second-order valence-corrected chi connectivity index (χ2v) is 6.45. The van der Waals surface area contributed by atoms with Gasteiger partial charge in [-0.3, -0.25) is 4.79 Å². The molecule has 0 fully saturated rings. The molecule has 22 heavy (non-hydrogen) atoms. The van der Waals surface area contributed by atoms with Crippen molar-refractivity contribution >= 4 is 27.6 Å². The topological polar surface area (TPSA) is 72.5 Å². The molecule has 0 spiro atoms. The number of esters is 1. The molecule has 1 rings (SSSR count). The van der Waals surface area contributed by atoms with Gasteiger partial charge in [-0.05, 0) is 30.5 Å². The van der Waals surface area contributed by atoms with Crippen molar-refractivity contribution in [3.05, 3.63) is 34.9 Å². The van der Waals surface area contributed by atoms with E-state index in [-0.39, 0.29) is 12.8 Å². The number of halogens is 4. The predicted molar refractivity (Wildman–Crippen MR) is 73.7 cm³/mol. The lowest BCUT2D eigenvalue weighted by molar-refractivity contribution is -0.142. The van der Waals surface area contributed by atoms with E-state index in [2.05, 4.69) is 4.74 Å². The number of rotatable bonds is 6. The van der Waals surface area contributed by atoms with Crippen LogP contribution < -0.4 is 4.72 Å². The van der Waals surface area contributed by atoms with Gasteiger partial charge in [-0.2, -0.15) is 17.9 Å². The summed E-state index contributed by atoms with van der Waals surface area (Å²) in [7, 11) is -4.68. The molecule has 0 aliphatic carbocycles. The van der Waals surface area contributed by atoms with Crippen molar-refractivity contribution in [3.63, 3.8) is 0 Å². The normalized spacial score (nSPS) is 13.7. The van der Waals surface area contributed by atoms with Gasteiger partial charge in [0.2, 0.25) is 0 Å². The van der Waals surface area contributed by atoms with E-state index in [0.717, 1.165) is 7.11 Å². The summed E-state index contributed by atoms with van der Waals surface area (Å²) in [6, 6.07) is 4.75. The summed E-state index contributed by atoms with van der Waals surface area (Å²) < 4.78 is 64.8. The maximum absolute atomic E-state index is 12.4. The third kappa shape index (κ3) is 5.15. The number of carbonyl (C=O) groups excluding carboxylic acids is 1. The highest BCUT2D eigenvalue weighted by atomic mass is 35.5. The van der Waals surface area contributed by atoms with Crippen molar-refractivity contribution in [1.29, 1.82) is 0 Å². The third-order valence-corrected chi connectivity index (χ3v) is 4.18. The van der Waals surface area contributed by atoms with Crippen LogP contribution in [0.15, 0.2) is 24.3 Å². The van der Waals surface area contributed by atoms with Crippen molar-refractivity contribution < 1.29 is 31.1 Å². The fourth-order valence-electron chi connectivity index (χ4n) is 1.58. The maximum Gasteiger partial charge on any atom is 0.511 e. The summed E-state index contributed by atoms with van der Waals surface area (Å²) in [6.45, 7) is 0. The van der Waals surface area contributed by atoms with Gasteiger partial charge in [-0.1, -0.05) is 23.7 Å². The molecule has 0 aliphatic rings. The van der Waals surface area contributed by atoms with Gasteiger partial charge in [0.15, 0.2) is 0 Å². The molecule has 0 amide bonds. The zero-order chi connectivity index (χ0) is 17.0. The number of hydrogen-bond donors (Lipinski definition) is 1. The number of ether oxygens (including phenoxy) is 1. The monoisotopic (exact) mass is 359 g/mol. The van der Waals surface area contributed by atoms with Crippen LogP contribution in [0.3, 0.4) is 0 Å². The quantitative estimate of drug-likeness (QED) is 0.791. The van der Waals surface area contributed by atoms with Gasteiger partial charge in [0.1, 0.15) is 6.04 Å². The summed E-state index contributed by atoms with van der Waals surface area (Å²) >= 11 is 5.69. The second-order valence-electron chi connectivity index (χ2n) is 4.31. The van der Waals surface area contributed by atoms with Crippen molar-refractivity contribution in [3.8, 4) is 0 Å². The van der Waals surface area contributed by atoms with E-state index >= 15 is 0 Å². The molecule has 1 N–H and O–H groups in total. The van der Waals surface area contributed by atoms with Gasteiger partial charge in [-0.15, -0.1) is 0 Å². The molecule has 1 atom stereocenters. The summed E-state index contributed by atoms with van der Waals surface area (Å²) in [5.41, 5.74) is -4.82. The number of benzene rings is 1. The van der Waals surface area contributed by atoms with Crippen LogP contribution >= 0.6 is 11.6 Å². The zero-order valence-electron chi connectivity index (χ0n) is 11.4. The van der Waals surface area contributed by atoms with Crippen LogP contribution in [0, 0.1) is 0 Å². The zero-order valence-corrected chi connectivity index (χ0v) is 12.9. The first kappa shape index (κ1) is 18.7. The molecule has 1 aromatic carbocycles. The average molecular weight is 360 g/mol. The van der Waals surface area contributed by atoms with E-state index in [4.69, 9.17) is 11.6 Å². The second kappa shape index (κ2) is 7.30. The van der Waals surface area contributed by atoms with Crippen molar-refractivity contribution in [2.24, 2.45) is 0 Å². The van der Waals surface area contributed by atoms with Gasteiger partial charge in [0.25, 0.3) is 0 Å². The van der Waals surface area contributed by atoms with Crippen LogP contribution in [-0.2, 0) is 26.0 Å². The molecule has 0 saturated heterocycles. The molecule has 0 bridgehead atoms. The Hall–Kier alpha value is -1.32. The Balaban J connectivity index is 2.82. The molecule has 0 aromatic heterocycles. The predicted octanol–water partition coefficient (Wildman–Crippen LogP) is 2.25. The highest BCUT2D eigenvalue weighted by molar-refractivity contribution is 7.90. The van der Waals surface area contributed by atoms with E-state index < -0.39 is 27.5 Å². The van der Waals surface area contributed by atoms with Crippen LogP contribution in [0.25, 0.3) is 0 Å². The molecule has 0 radical (unpaired) electrons. The SMILES string of the molecule is COC(=O)[C@H](CCc1ccc(Cl)cc1)NS(=O)(=O)C(F)(F)F. The van der Waals surface area contributed by atoms with Gasteiger partial charge >= 0.3 is 21.5 Å². The number of aryl methyl sites for hydroxylation is 1. The number of methoxy groups -OCH3 is 1. The lowest BCUT2D eigenvalue weighted by atomic mass is 10.1. The molecular formula is C12H13ClF3NO4S. The van der Waals surface area contributed by atoms with Crippen LogP contribution in [0.4, 0.5) is 13.2 Å². The molecule has 1 aromatic rings. The van der Waals surface area contributed by atoms with Crippen molar-refractivity contribution in [2.75, 3.05) is 7.11 Å². The Morgan fingerprint density at radius 2 is 1.86 bits per heavy atom. The van der Waals surface area contributed by atoms with E-state index in [1.165, 1.54) is 4.72 Å². The summed E-state index contributed by atoms with van der Waals surface area (Å²) in [5, 5.41) is 0.478. The first-order valence-electron chi connectivity index (χ1n) is 5.97. The lowest BCUT2D eigenvalue weighted by Crippen LogP contribution is -2.47. The van der Waals surface area contributed by atoms with Crippen molar-refractivity contribution in [1.82, 2.24) is 4.72 Å². The third-order valence-electron chi connectivity index (χ3n) is 2.72. The summed E-state index contributed by atoms with van der Waals surface area (Å²) in [5.74, 6) is -1.10. The molecular weight excluding hydrogens is 347 g/mol. The Morgan fingerprint density at radius 3 is 2.32 bits per heavy atom. The molecule has 0 saturated carbocycles. The molecule has 5 nitrogen and oxygen atoms in total. The lowest BCUT2D eigenvalue weighted by Gasteiger charge is -2.17. The van der Waals surface area contributed by atoms with E-state index in [1.807, 2.05) is 0 Å². The Morgan fingerprint density at radius 1 is 1.32 bits per heavy atom. The number of carbonyl (C=O) groups is 1. The smallest absolute Gasteiger partial charge is 0.468 e. The standard InChI is InChI=1S/C12H13ClF3NO4S/c1-21-11(18)10(17-22(19,20)12(14,15)16)7-4-8-2-5-9(13)6-3-8/h2-3,5-6,10,17H,4,7H2,1H3/t10-/m0/s1. The van der Waals surface area contributed by atoms with E-state index in [0.29, 0.717) is 10.6 Å². The average Bonchev–Trinajstić information content (AvgIpc) is 2.43. The Bertz CT molecular complexity index is 616. The number of nitrogens with one attached hydrogen (secondary N) is 1. The van der Waals surface area contributed by atoms with Crippen LogP contribution in [0.2, 0.25) is 5.02 Å². The first-order valence-corrected chi connectivity index (χ1v) is 7.84. The van der Waals surface area contributed by atoms with Gasteiger partial charge in [0, 0.05) is 5.02 Å². The minimum absolute atomic E-state index is 0.164. The first-order chi connectivity index (χ1) is 10.1. The number of hydrogen-bond acceptors (Lipinski definition) is 4. The highest BCUT2D eigenvalue weighted by Crippen LogP contribution is 2.23. The minimum Gasteiger partial charge on any atom is -0.468 e. The van der Waals surface area contributed by atoms with E-state index in [9.17, 15) is 26.4 Å². The maximum atomic E-state index is 12.4. The van der Waals surface area contributed by atoms with Crippen LogP contribution in [-0.4, -0.2) is 33.0 Å². The molecule has 0 aliphatic heterocycles. The van der Waals surface area contributed by atoms with Crippen LogP contribution in [0.1, 0.15) is 12.0 Å². The fourth-order valence-corrected chi connectivity index (χ4v) is 2.43. The molecule has 124 valence electrons. The molecule has 0 unspecified atom stereocenters. The van der Waals surface area contributed by atoms with Crippen LogP contribution in [0.5, 0.6) is 0 Å². The summed E-state index contributed by atoms with van der Waals surface area (Å²) in [4.78, 5) is 11.5. The number of sulfonamides is 1.